The van der Waals surface area contributed by atoms with E-state index in [1.54, 1.807) is 15.5 Å². The third kappa shape index (κ3) is 4.17. The van der Waals surface area contributed by atoms with E-state index in [1.165, 1.54) is 11.8 Å². The van der Waals surface area contributed by atoms with Crippen LogP contribution < -0.4 is 5.56 Å². The summed E-state index contributed by atoms with van der Waals surface area (Å²) < 4.78 is 12.7. The molecule has 4 rings (SSSR count). The molecular weight excluding hydrogens is 366 g/mol. The normalized spacial score (nSPS) is 20.3. The molecule has 2 aromatic rings. The minimum atomic E-state index is -0.0718. The van der Waals surface area contributed by atoms with Gasteiger partial charge in [-0.15, -0.1) is 0 Å². The van der Waals surface area contributed by atoms with Crippen molar-refractivity contribution in [3.63, 3.8) is 0 Å². The summed E-state index contributed by atoms with van der Waals surface area (Å²) in [5.74, 6) is 0.311. The summed E-state index contributed by atoms with van der Waals surface area (Å²) >= 11 is 1.33. The van der Waals surface area contributed by atoms with Gasteiger partial charge in [-0.3, -0.25) is 14.2 Å². The van der Waals surface area contributed by atoms with Crippen LogP contribution in [0.2, 0.25) is 0 Å². The second kappa shape index (κ2) is 8.41. The summed E-state index contributed by atoms with van der Waals surface area (Å²) in [5.41, 5.74) is 0.588. The predicted molar refractivity (Wildman–Crippen MR) is 103 cm³/mol. The Morgan fingerprint density at radius 3 is 2.81 bits per heavy atom. The van der Waals surface area contributed by atoms with Crippen LogP contribution in [0.25, 0.3) is 10.9 Å². The maximum Gasteiger partial charge on any atom is 0.262 e. The molecule has 1 atom stereocenters. The average molecular weight is 389 g/mol. The Morgan fingerprint density at radius 1 is 1.22 bits per heavy atom. The number of amides is 1. The van der Waals surface area contributed by atoms with Crippen molar-refractivity contribution in [1.29, 1.82) is 0 Å². The van der Waals surface area contributed by atoms with E-state index < -0.39 is 0 Å². The van der Waals surface area contributed by atoms with E-state index in [2.05, 4.69) is 4.98 Å². The Morgan fingerprint density at radius 2 is 2.04 bits per heavy atom. The number of rotatable bonds is 5. The van der Waals surface area contributed by atoms with Crippen molar-refractivity contribution in [2.45, 2.75) is 30.6 Å². The first-order chi connectivity index (χ1) is 13.2. The number of benzene rings is 1. The van der Waals surface area contributed by atoms with Crippen molar-refractivity contribution in [3.8, 4) is 0 Å². The Kier molecular flexibility index (Phi) is 5.75. The third-order valence-electron chi connectivity index (χ3n) is 4.93. The van der Waals surface area contributed by atoms with Gasteiger partial charge in [-0.25, -0.2) is 4.98 Å². The molecule has 144 valence electrons. The predicted octanol–water partition coefficient (Wildman–Crippen LogP) is 1.53. The molecule has 0 bridgehead atoms. The van der Waals surface area contributed by atoms with Gasteiger partial charge in [0.2, 0.25) is 5.91 Å². The van der Waals surface area contributed by atoms with Gasteiger partial charge in [0.15, 0.2) is 5.16 Å². The van der Waals surface area contributed by atoms with Crippen molar-refractivity contribution >= 4 is 28.6 Å². The molecular formula is C19H23N3O4S. The lowest BCUT2D eigenvalue weighted by atomic mass is 10.2. The number of nitrogens with zero attached hydrogens (tertiary/aromatic N) is 3. The van der Waals surface area contributed by atoms with E-state index in [4.69, 9.17) is 9.47 Å². The molecule has 0 N–H and O–H groups in total. The van der Waals surface area contributed by atoms with Gasteiger partial charge in [-0.05, 0) is 25.0 Å². The van der Waals surface area contributed by atoms with E-state index >= 15 is 0 Å². The van der Waals surface area contributed by atoms with Crippen molar-refractivity contribution < 1.29 is 14.3 Å². The number of para-hydroxylation sites is 1. The van der Waals surface area contributed by atoms with Gasteiger partial charge in [0.05, 0.1) is 42.5 Å². The number of hydrogen-bond donors (Lipinski definition) is 0. The number of ether oxygens (including phenoxy) is 2. The number of hydrogen-bond acceptors (Lipinski definition) is 6. The molecule has 2 aliphatic heterocycles. The van der Waals surface area contributed by atoms with Crippen molar-refractivity contribution in [2.75, 3.05) is 38.7 Å². The molecule has 0 spiro atoms. The van der Waals surface area contributed by atoms with Crippen LogP contribution in [0.5, 0.6) is 0 Å². The fraction of sp³-hybridized carbons (Fsp3) is 0.526. The topological polar surface area (TPSA) is 73.7 Å². The van der Waals surface area contributed by atoms with Crippen LogP contribution in [0.3, 0.4) is 0 Å². The standard InChI is InChI=1S/C19H23N3O4S/c23-17(21-7-10-25-11-8-21)13-27-19-20-16-6-2-1-5-15(16)18(24)22(19)12-14-4-3-9-26-14/h1-2,5-6,14H,3-4,7-13H2/t14-/m0/s1. The molecule has 1 amide bonds. The minimum absolute atomic E-state index is 0.0277. The smallest absolute Gasteiger partial charge is 0.262 e. The summed E-state index contributed by atoms with van der Waals surface area (Å²) in [4.78, 5) is 32.0. The van der Waals surface area contributed by atoms with Crippen LogP contribution >= 0.6 is 11.8 Å². The number of carbonyl (C=O) groups excluding carboxylic acids is 1. The van der Waals surface area contributed by atoms with Gasteiger partial charge in [0.25, 0.3) is 5.56 Å². The molecule has 3 heterocycles. The van der Waals surface area contributed by atoms with Crippen LogP contribution in [0.1, 0.15) is 12.8 Å². The van der Waals surface area contributed by atoms with Gasteiger partial charge >= 0.3 is 0 Å². The number of morpholine rings is 1. The molecule has 0 radical (unpaired) electrons. The highest BCUT2D eigenvalue weighted by Crippen LogP contribution is 2.21. The number of fused-ring (bicyclic) bond motifs is 1. The molecule has 1 aromatic carbocycles. The first-order valence-electron chi connectivity index (χ1n) is 9.32. The first-order valence-corrected chi connectivity index (χ1v) is 10.3. The maximum absolute atomic E-state index is 13.0. The van der Waals surface area contributed by atoms with E-state index in [1.807, 2.05) is 18.2 Å². The highest BCUT2D eigenvalue weighted by atomic mass is 32.2. The minimum Gasteiger partial charge on any atom is -0.378 e. The Hall–Kier alpha value is -1.90. The highest BCUT2D eigenvalue weighted by molar-refractivity contribution is 7.99. The van der Waals surface area contributed by atoms with E-state index in [0.717, 1.165) is 19.4 Å². The molecule has 8 heteroatoms. The molecule has 0 unspecified atom stereocenters. The van der Waals surface area contributed by atoms with Gasteiger partial charge in [-0.1, -0.05) is 23.9 Å². The molecule has 27 heavy (non-hydrogen) atoms. The van der Waals surface area contributed by atoms with Crippen LogP contribution in [-0.2, 0) is 20.8 Å². The summed E-state index contributed by atoms with van der Waals surface area (Å²) in [5, 5.41) is 1.18. The SMILES string of the molecule is O=C(CSc1nc2ccccc2c(=O)n1C[C@@H]1CCCO1)N1CCOCC1. The van der Waals surface area contributed by atoms with Gasteiger partial charge in [-0.2, -0.15) is 0 Å². The van der Waals surface area contributed by atoms with Crippen molar-refractivity contribution in [3.05, 3.63) is 34.6 Å². The molecule has 2 saturated heterocycles. The second-order valence-corrected chi connectivity index (χ2v) is 7.69. The van der Waals surface area contributed by atoms with E-state index in [9.17, 15) is 9.59 Å². The fourth-order valence-electron chi connectivity index (χ4n) is 3.44. The summed E-state index contributed by atoms with van der Waals surface area (Å²) in [6.45, 7) is 3.60. The van der Waals surface area contributed by atoms with Crippen LogP contribution in [0.4, 0.5) is 0 Å². The van der Waals surface area contributed by atoms with Crippen molar-refractivity contribution in [2.24, 2.45) is 0 Å². The zero-order valence-corrected chi connectivity index (χ0v) is 16.0. The van der Waals surface area contributed by atoms with Crippen LogP contribution in [0, 0.1) is 0 Å². The Balaban J connectivity index is 1.59. The Bertz CT molecular complexity index is 873. The summed E-state index contributed by atoms with van der Waals surface area (Å²) in [6, 6.07) is 7.34. The quantitative estimate of drug-likeness (QED) is 0.570. The lowest BCUT2D eigenvalue weighted by molar-refractivity contribution is -0.132. The molecule has 0 aliphatic carbocycles. The molecule has 2 aliphatic rings. The van der Waals surface area contributed by atoms with E-state index in [0.29, 0.717) is 48.9 Å². The van der Waals surface area contributed by atoms with Gasteiger partial charge in [0, 0.05) is 19.7 Å². The zero-order chi connectivity index (χ0) is 18.6. The van der Waals surface area contributed by atoms with Gasteiger partial charge < -0.3 is 14.4 Å². The largest absolute Gasteiger partial charge is 0.378 e. The maximum atomic E-state index is 13.0. The number of aromatic nitrogens is 2. The molecule has 0 saturated carbocycles. The summed E-state index contributed by atoms with van der Waals surface area (Å²) in [6.07, 6.45) is 1.98. The summed E-state index contributed by atoms with van der Waals surface area (Å²) in [7, 11) is 0. The highest BCUT2D eigenvalue weighted by Gasteiger charge is 2.22. The molecule has 2 fully saturated rings. The fourth-order valence-corrected chi connectivity index (χ4v) is 4.35. The van der Waals surface area contributed by atoms with E-state index in [-0.39, 0.29) is 23.3 Å². The average Bonchev–Trinajstić information content (AvgIpc) is 3.22. The van der Waals surface area contributed by atoms with Crippen molar-refractivity contribution in [1.82, 2.24) is 14.5 Å². The Labute approximate surface area is 161 Å². The third-order valence-corrected chi connectivity index (χ3v) is 5.89. The lowest BCUT2D eigenvalue weighted by Crippen LogP contribution is -2.41. The van der Waals surface area contributed by atoms with Crippen LogP contribution in [0.15, 0.2) is 34.2 Å². The monoisotopic (exact) mass is 389 g/mol. The zero-order valence-electron chi connectivity index (χ0n) is 15.1. The number of thioether (sulfide) groups is 1. The van der Waals surface area contributed by atoms with Crippen LogP contribution in [-0.4, -0.2) is 65.1 Å². The van der Waals surface area contributed by atoms with Gasteiger partial charge in [0.1, 0.15) is 0 Å². The lowest BCUT2D eigenvalue weighted by Gasteiger charge is -2.26. The molecule has 1 aromatic heterocycles. The second-order valence-electron chi connectivity index (χ2n) is 6.74. The number of carbonyl (C=O) groups is 1. The molecule has 7 nitrogen and oxygen atoms in total. The first kappa shape index (κ1) is 18.5.